The Balaban J connectivity index is 4.44. The molecule has 4 N–H and O–H groups in total. The standard InChI is InChI=1S/C11H18N2O5S2/c1-2-5-20-6-8(11(17)18)13(19)9(14)4-3-7(12)10(15)16/h2,7-8,19H,1,3-6,12H2,(H,15,16)(H,17,18)/t7-,8-/m0/s1. The highest BCUT2D eigenvalue weighted by atomic mass is 32.2. The third-order valence-electron chi connectivity index (χ3n) is 2.33. The number of hydrogen-bond acceptors (Lipinski definition) is 6. The predicted octanol–water partition coefficient (Wildman–Crippen LogP) is 0.224. The van der Waals surface area contributed by atoms with E-state index in [1.165, 1.54) is 11.8 Å². The molecule has 0 saturated carbocycles. The lowest BCUT2D eigenvalue weighted by Gasteiger charge is -2.23. The Morgan fingerprint density at radius 3 is 2.40 bits per heavy atom. The Kier molecular flexibility index (Phi) is 9.10. The van der Waals surface area contributed by atoms with Gasteiger partial charge in [0.15, 0.2) is 0 Å². The summed E-state index contributed by atoms with van der Waals surface area (Å²) < 4.78 is 0.812. The van der Waals surface area contributed by atoms with E-state index in [2.05, 4.69) is 19.4 Å². The fourth-order valence-electron chi connectivity index (χ4n) is 1.20. The molecule has 7 nitrogen and oxygen atoms in total. The van der Waals surface area contributed by atoms with Crippen LogP contribution >= 0.6 is 24.6 Å². The van der Waals surface area contributed by atoms with Crippen molar-refractivity contribution in [1.29, 1.82) is 0 Å². The van der Waals surface area contributed by atoms with Gasteiger partial charge in [0, 0.05) is 17.9 Å². The van der Waals surface area contributed by atoms with Crippen molar-refractivity contribution in [1.82, 2.24) is 4.31 Å². The lowest BCUT2D eigenvalue weighted by Crippen LogP contribution is -2.41. The minimum absolute atomic E-state index is 0.0721. The van der Waals surface area contributed by atoms with E-state index in [4.69, 9.17) is 15.9 Å². The Morgan fingerprint density at radius 1 is 1.35 bits per heavy atom. The van der Waals surface area contributed by atoms with Crippen molar-refractivity contribution in [3.63, 3.8) is 0 Å². The molecular weight excluding hydrogens is 304 g/mol. The molecule has 0 aromatic carbocycles. The summed E-state index contributed by atoms with van der Waals surface area (Å²) >= 11 is 5.20. The molecule has 0 heterocycles. The van der Waals surface area contributed by atoms with Crippen LogP contribution in [-0.2, 0) is 14.4 Å². The molecule has 0 rings (SSSR count). The van der Waals surface area contributed by atoms with Crippen LogP contribution in [0.3, 0.4) is 0 Å². The molecule has 0 aliphatic rings. The number of aliphatic carboxylic acids is 2. The maximum absolute atomic E-state index is 11.8. The van der Waals surface area contributed by atoms with Crippen LogP contribution in [0.15, 0.2) is 12.7 Å². The molecule has 2 atom stereocenters. The minimum Gasteiger partial charge on any atom is -0.480 e. The third-order valence-corrected chi connectivity index (χ3v) is 3.86. The highest BCUT2D eigenvalue weighted by Gasteiger charge is 2.27. The number of thiol groups is 1. The first kappa shape index (κ1) is 18.8. The van der Waals surface area contributed by atoms with Crippen molar-refractivity contribution < 1.29 is 24.6 Å². The molecule has 0 bridgehead atoms. The van der Waals surface area contributed by atoms with Crippen LogP contribution in [0.5, 0.6) is 0 Å². The van der Waals surface area contributed by atoms with Gasteiger partial charge >= 0.3 is 11.9 Å². The summed E-state index contributed by atoms with van der Waals surface area (Å²) in [5.41, 5.74) is 5.27. The molecule has 0 aliphatic heterocycles. The molecule has 9 heteroatoms. The number of carboxylic acids is 2. The molecule has 114 valence electrons. The van der Waals surface area contributed by atoms with Crippen molar-refractivity contribution in [3.8, 4) is 0 Å². The zero-order chi connectivity index (χ0) is 15.7. The molecule has 0 unspecified atom stereocenters. The topological polar surface area (TPSA) is 121 Å². The SMILES string of the molecule is C=CCSC[C@@H](C(=O)O)N(S)C(=O)CC[C@H](N)C(=O)O. The summed E-state index contributed by atoms with van der Waals surface area (Å²) in [7, 11) is 0. The Morgan fingerprint density at radius 2 is 1.95 bits per heavy atom. The summed E-state index contributed by atoms with van der Waals surface area (Å²) in [6.45, 7) is 3.51. The third kappa shape index (κ3) is 6.83. The van der Waals surface area contributed by atoms with Crippen LogP contribution in [-0.4, -0.2) is 56.0 Å². The number of hydrogen-bond donors (Lipinski definition) is 4. The van der Waals surface area contributed by atoms with Gasteiger partial charge in [-0.2, -0.15) is 11.8 Å². The van der Waals surface area contributed by atoms with Crippen LogP contribution in [0, 0.1) is 0 Å². The predicted molar refractivity (Wildman–Crippen MR) is 79.6 cm³/mol. The second-order valence-electron chi connectivity index (χ2n) is 3.90. The van der Waals surface area contributed by atoms with Crippen molar-refractivity contribution >= 4 is 42.4 Å². The van der Waals surface area contributed by atoms with Crippen molar-refractivity contribution in [3.05, 3.63) is 12.7 Å². The van der Waals surface area contributed by atoms with Gasteiger partial charge in [-0.25, -0.2) is 4.79 Å². The summed E-state index contributed by atoms with van der Waals surface area (Å²) in [5, 5.41) is 17.7. The zero-order valence-electron chi connectivity index (χ0n) is 10.8. The number of thioether (sulfide) groups is 1. The Bertz CT molecular complexity index is 378. The lowest BCUT2D eigenvalue weighted by atomic mass is 10.1. The molecule has 0 radical (unpaired) electrons. The van der Waals surface area contributed by atoms with Crippen molar-refractivity contribution in [2.24, 2.45) is 5.73 Å². The molecule has 0 aromatic heterocycles. The van der Waals surface area contributed by atoms with E-state index in [0.29, 0.717) is 5.75 Å². The smallest absolute Gasteiger partial charge is 0.328 e. The molecule has 0 saturated heterocycles. The molecule has 20 heavy (non-hydrogen) atoms. The molecule has 0 fully saturated rings. The van der Waals surface area contributed by atoms with Gasteiger partial charge < -0.3 is 15.9 Å². The summed E-state index contributed by atoms with van der Waals surface area (Å²) in [6.07, 6.45) is 1.38. The van der Waals surface area contributed by atoms with Crippen LogP contribution in [0.4, 0.5) is 0 Å². The van der Waals surface area contributed by atoms with E-state index in [1.54, 1.807) is 6.08 Å². The molecular formula is C11H18N2O5S2. The first-order valence-electron chi connectivity index (χ1n) is 5.72. The zero-order valence-corrected chi connectivity index (χ0v) is 12.5. The van der Waals surface area contributed by atoms with Crippen LogP contribution < -0.4 is 5.73 Å². The van der Waals surface area contributed by atoms with E-state index in [9.17, 15) is 14.4 Å². The molecule has 1 amide bonds. The molecule has 0 aromatic rings. The number of amides is 1. The first-order chi connectivity index (χ1) is 9.31. The Hall–Kier alpha value is -1.19. The first-order valence-corrected chi connectivity index (χ1v) is 7.27. The van der Waals surface area contributed by atoms with Crippen molar-refractivity contribution in [2.45, 2.75) is 24.9 Å². The fourth-order valence-corrected chi connectivity index (χ4v) is 2.41. The number of carbonyl (C=O) groups is 3. The van der Waals surface area contributed by atoms with E-state index in [-0.39, 0.29) is 18.6 Å². The maximum atomic E-state index is 11.8. The van der Waals surface area contributed by atoms with Gasteiger partial charge in [0.1, 0.15) is 12.1 Å². The largest absolute Gasteiger partial charge is 0.480 e. The highest BCUT2D eigenvalue weighted by molar-refractivity contribution is 7.99. The van der Waals surface area contributed by atoms with Gasteiger partial charge in [-0.15, -0.1) is 6.58 Å². The maximum Gasteiger partial charge on any atom is 0.328 e. The van der Waals surface area contributed by atoms with Gasteiger partial charge in [-0.1, -0.05) is 18.9 Å². The van der Waals surface area contributed by atoms with Crippen molar-refractivity contribution in [2.75, 3.05) is 11.5 Å². The van der Waals surface area contributed by atoms with Gasteiger partial charge in [-0.05, 0) is 6.42 Å². The average Bonchev–Trinajstić information content (AvgIpc) is 2.39. The Labute approximate surface area is 126 Å². The van der Waals surface area contributed by atoms with Crippen LogP contribution in [0.1, 0.15) is 12.8 Å². The monoisotopic (exact) mass is 322 g/mol. The quantitative estimate of drug-likeness (QED) is 0.258. The second-order valence-corrected chi connectivity index (χ2v) is 5.41. The van der Waals surface area contributed by atoms with E-state index < -0.39 is 29.9 Å². The summed E-state index contributed by atoms with van der Waals surface area (Å²) in [4.78, 5) is 33.4. The molecule has 0 spiro atoms. The fraction of sp³-hybridized carbons (Fsp3) is 0.545. The van der Waals surface area contributed by atoms with Gasteiger partial charge in [0.2, 0.25) is 5.91 Å². The van der Waals surface area contributed by atoms with Crippen LogP contribution in [0.25, 0.3) is 0 Å². The number of carboxylic acid groups (broad SMARTS) is 2. The normalized spacial score (nSPS) is 13.3. The number of rotatable bonds is 10. The van der Waals surface area contributed by atoms with Crippen LogP contribution in [0.2, 0.25) is 0 Å². The van der Waals surface area contributed by atoms with E-state index >= 15 is 0 Å². The second kappa shape index (κ2) is 9.67. The number of carbonyl (C=O) groups excluding carboxylic acids is 1. The average molecular weight is 322 g/mol. The van der Waals surface area contributed by atoms with Gasteiger partial charge in [0.05, 0.1) is 0 Å². The minimum atomic E-state index is -1.21. The number of nitrogens with two attached hydrogens (primary N) is 1. The van der Waals surface area contributed by atoms with Gasteiger partial charge in [-0.3, -0.25) is 13.9 Å². The summed E-state index contributed by atoms with van der Waals surface area (Å²) in [6, 6.07) is -2.24. The highest BCUT2D eigenvalue weighted by Crippen LogP contribution is 2.14. The van der Waals surface area contributed by atoms with E-state index in [0.717, 1.165) is 4.31 Å². The number of nitrogens with zero attached hydrogens (tertiary/aromatic N) is 1. The van der Waals surface area contributed by atoms with Gasteiger partial charge in [0.25, 0.3) is 0 Å². The lowest BCUT2D eigenvalue weighted by molar-refractivity contribution is -0.145. The summed E-state index contributed by atoms with van der Waals surface area (Å²) in [5.74, 6) is -2.23. The molecule has 0 aliphatic carbocycles. The van der Waals surface area contributed by atoms with E-state index in [1.807, 2.05) is 0 Å².